The molecular weight excluding hydrogens is 150 g/mol. The second-order valence-electron chi connectivity index (χ2n) is 3.45. The molecule has 0 bridgehead atoms. The lowest BCUT2D eigenvalue weighted by Gasteiger charge is -2.07. The number of hydrogen-bond donors (Lipinski definition) is 2. The second-order valence-corrected chi connectivity index (χ2v) is 3.45. The fourth-order valence-corrected chi connectivity index (χ4v) is 1.62. The Morgan fingerprint density at radius 1 is 1.42 bits per heavy atom. The van der Waals surface area contributed by atoms with Crippen molar-refractivity contribution in [3.63, 3.8) is 0 Å². The average Bonchev–Trinajstić information content (AvgIpc) is 2.81. The van der Waals surface area contributed by atoms with Crippen molar-refractivity contribution in [2.75, 3.05) is 6.61 Å². The van der Waals surface area contributed by atoms with Crippen LogP contribution in [-0.4, -0.2) is 17.8 Å². The lowest BCUT2D eigenvalue weighted by atomic mass is 9.98. The van der Waals surface area contributed by atoms with Gasteiger partial charge in [0.2, 0.25) is 0 Å². The summed E-state index contributed by atoms with van der Waals surface area (Å²) in [7, 11) is 0. The Hall–Kier alpha value is -0.860. The van der Waals surface area contributed by atoms with Crippen molar-refractivity contribution >= 4 is 0 Å². The summed E-state index contributed by atoms with van der Waals surface area (Å²) < 4.78 is 0. The Bertz CT molecular complexity index is 272. The van der Waals surface area contributed by atoms with Crippen molar-refractivity contribution in [1.29, 1.82) is 0 Å². The molecule has 2 heteroatoms. The van der Waals surface area contributed by atoms with Crippen molar-refractivity contribution < 1.29 is 5.11 Å². The standard InChI is InChI=1S/C10H13NO/c1-10(9(7-12)11-10)8-5-3-2-4-6-8/h2-6,9,11-12H,7H2,1H3/t9-,10-/m0/s1. The maximum atomic E-state index is 8.94. The Morgan fingerprint density at radius 2 is 2.08 bits per heavy atom. The molecule has 1 fully saturated rings. The lowest BCUT2D eigenvalue weighted by molar-refractivity contribution is 0.289. The first-order valence-electron chi connectivity index (χ1n) is 4.21. The molecule has 0 unspecified atom stereocenters. The molecule has 64 valence electrons. The topological polar surface area (TPSA) is 42.2 Å². The summed E-state index contributed by atoms with van der Waals surface area (Å²) in [6.45, 7) is 2.33. The maximum Gasteiger partial charge on any atom is 0.0606 e. The van der Waals surface area contributed by atoms with Crippen LogP contribution in [0.3, 0.4) is 0 Å². The molecule has 2 atom stereocenters. The molecular formula is C10H13NO. The van der Waals surface area contributed by atoms with E-state index >= 15 is 0 Å². The zero-order valence-electron chi connectivity index (χ0n) is 7.12. The predicted octanol–water partition coefficient (Wildman–Crippen LogP) is 0.866. The largest absolute Gasteiger partial charge is 0.395 e. The Morgan fingerprint density at radius 3 is 2.58 bits per heavy atom. The zero-order valence-corrected chi connectivity index (χ0v) is 7.12. The van der Waals surface area contributed by atoms with Gasteiger partial charge in [-0.05, 0) is 12.5 Å². The first-order valence-corrected chi connectivity index (χ1v) is 4.21. The van der Waals surface area contributed by atoms with Crippen LogP contribution in [0, 0.1) is 0 Å². The van der Waals surface area contributed by atoms with Crippen LogP contribution in [0.4, 0.5) is 0 Å². The minimum atomic E-state index is 0.00993. The molecule has 0 saturated carbocycles. The molecule has 0 spiro atoms. The van der Waals surface area contributed by atoms with E-state index in [9.17, 15) is 0 Å². The van der Waals surface area contributed by atoms with Gasteiger partial charge in [-0.1, -0.05) is 30.3 Å². The number of aliphatic hydroxyl groups is 1. The minimum Gasteiger partial charge on any atom is -0.395 e. The molecule has 2 nitrogen and oxygen atoms in total. The van der Waals surface area contributed by atoms with Crippen LogP contribution >= 0.6 is 0 Å². The van der Waals surface area contributed by atoms with Crippen molar-refractivity contribution in [1.82, 2.24) is 5.32 Å². The Balaban J connectivity index is 2.23. The van der Waals surface area contributed by atoms with Gasteiger partial charge in [-0.15, -0.1) is 0 Å². The normalized spacial score (nSPS) is 33.3. The van der Waals surface area contributed by atoms with E-state index in [0.717, 1.165) is 0 Å². The van der Waals surface area contributed by atoms with Crippen LogP contribution in [0.5, 0.6) is 0 Å². The molecule has 0 aliphatic carbocycles. The van der Waals surface area contributed by atoms with E-state index in [2.05, 4.69) is 24.4 Å². The first kappa shape index (κ1) is 7.77. The van der Waals surface area contributed by atoms with E-state index in [1.807, 2.05) is 18.2 Å². The van der Waals surface area contributed by atoms with Gasteiger partial charge in [-0.3, -0.25) is 5.32 Å². The molecule has 1 aliphatic heterocycles. The van der Waals surface area contributed by atoms with Crippen LogP contribution < -0.4 is 5.32 Å². The van der Waals surface area contributed by atoms with E-state index in [-0.39, 0.29) is 18.2 Å². The van der Waals surface area contributed by atoms with Gasteiger partial charge >= 0.3 is 0 Å². The van der Waals surface area contributed by atoms with Gasteiger partial charge in [-0.25, -0.2) is 0 Å². The van der Waals surface area contributed by atoms with Gasteiger partial charge in [0, 0.05) is 0 Å². The van der Waals surface area contributed by atoms with Gasteiger partial charge in [0.25, 0.3) is 0 Å². The fraction of sp³-hybridized carbons (Fsp3) is 0.400. The summed E-state index contributed by atoms with van der Waals surface area (Å²) in [5, 5.41) is 12.2. The number of nitrogens with one attached hydrogen (secondary N) is 1. The molecule has 0 radical (unpaired) electrons. The Kier molecular flexibility index (Phi) is 1.67. The molecule has 2 rings (SSSR count). The lowest BCUT2D eigenvalue weighted by Crippen LogP contribution is -2.10. The number of rotatable bonds is 2. The first-order chi connectivity index (χ1) is 5.77. The van der Waals surface area contributed by atoms with Crippen LogP contribution in [0.1, 0.15) is 12.5 Å². The minimum absolute atomic E-state index is 0.00993. The number of benzene rings is 1. The van der Waals surface area contributed by atoms with Crippen LogP contribution in [0.25, 0.3) is 0 Å². The van der Waals surface area contributed by atoms with E-state index in [4.69, 9.17) is 5.11 Å². The van der Waals surface area contributed by atoms with Gasteiger partial charge in [0.05, 0.1) is 18.2 Å². The summed E-state index contributed by atoms with van der Waals surface area (Å²) in [4.78, 5) is 0. The fourth-order valence-electron chi connectivity index (χ4n) is 1.62. The smallest absolute Gasteiger partial charge is 0.0606 e. The molecule has 0 aromatic heterocycles. The molecule has 0 amide bonds. The summed E-state index contributed by atoms with van der Waals surface area (Å²) in [5.41, 5.74) is 1.26. The highest BCUT2D eigenvalue weighted by molar-refractivity contribution is 5.32. The van der Waals surface area contributed by atoms with Gasteiger partial charge in [0.15, 0.2) is 0 Å². The summed E-state index contributed by atoms with van der Waals surface area (Å²) in [6, 6.07) is 10.5. The van der Waals surface area contributed by atoms with Gasteiger partial charge in [-0.2, -0.15) is 0 Å². The molecule has 1 aliphatic rings. The van der Waals surface area contributed by atoms with Crippen molar-refractivity contribution in [3.8, 4) is 0 Å². The van der Waals surface area contributed by atoms with Gasteiger partial charge < -0.3 is 5.11 Å². The average molecular weight is 163 g/mol. The van der Waals surface area contributed by atoms with E-state index < -0.39 is 0 Å². The second kappa shape index (κ2) is 2.57. The molecule has 1 heterocycles. The van der Waals surface area contributed by atoms with Crippen molar-refractivity contribution in [2.45, 2.75) is 18.5 Å². The highest BCUT2D eigenvalue weighted by Crippen LogP contribution is 2.36. The SMILES string of the molecule is C[C@@]1(c2ccccc2)N[C@H]1CO. The molecule has 2 N–H and O–H groups in total. The highest BCUT2D eigenvalue weighted by Gasteiger charge is 2.49. The van der Waals surface area contributed by atoms with Crippen molar-refractivity contribution in [2.24, 2.45) is 0 Å². The molecule has 1 aromatic carbocycles. The van der Waals surface area contributed by atoms with E-state index in [1.54, 1.807) is 0 Å². The third-order valence-corrected chi connectivity index (χ3v) is 2.64. The predicted molar refractivity (Wildman–Crippen MR) is 47.8 cm³/mol. The van der Waals surface area contributed by atoms with E-state index in [0.29, 0.717) is 0 Å². The van der Waals surface area contributed by atoms with E-state index in [1.165, 1.54) is 5.56 Å². The summed E-state index contributed by atoms with van der Waals surface area (Å²) in [5.74, 6) is 0. The third-order valence-electron chi connectivity index (χ3n) is 2.64. The molecule has 1 saturated heterocycles. The summed E-state index contributed by atoms with van der Waals surface area (Å²) >= 11 is 0. The number of hydrogen-bond acceptors (Lipinski definition) is 2. The number of aliphatic hydroxyl groups excluding tert-OH is 1. The van der Waals surface area contributed by atoms with Crippen LogP contribution in [0.2, 0.25) is 0 Å². The molecule has 12 heavy (non-hydrogen) atoms. The highest BCUT2D eigenvalue weighted by atomic mass is 16.3. The third kappa shape index (κ3) is 1.04. The summed E-state index contributed by atoms with van der Waals surface area (Å²) in [6.07, 6.45) is 0. The maximum absolute atomic E-state index is 8.94. The Labute approximate surface area is 72.2 Å². The van der Waals surface area contributed by atoms with Crippen molar-refractivity contribution in [3.05, 3.63) is 35.9 Å². The monoisotopic (exact) mass is 163 g/mol. The quantitative estimate of drug-likeness (QED) is 0.635. The molecule has 1 aromatic rings. The van der Waals surface area contributed by atoms with Gasteiger partial charge in [0.1, 0.15) is 0 Å². The van der Waals surface area contributed by atoms with Crippen LogP contribution in [0.15, 0.2) is 30.3 Å². The zero-order chi connectivity index (χ0) is 8.60. The van der Waals surface area contributed by atoms with Crippen LogP contribution in [-0.2, 0) is 5.54 Å².